The maximum Gasteiger partial charge on any atom is 0.316 e. The van der Waals surface area contributed by atoms with Crippen molar-refractivity contribution >= 4 is 65.5 Å². The lowest BCUT2D eigenvalue weighted by molar-refractivity contribution is -0.232. The van der Waals surface area contributed by atoms with Crippen molar-refractivity contribution < 1.29 is 100.0 Å². The second kappa shape index (κ2) is 22.1. The molecule has 8 rings (SSSR count). The lowest BCUT2D eigenvalue weighted by Crippen LogP contribution is -2.59. The summed E-state index contributed by atoms with van der Waals surface area (Å²) >= 11 is 1.26. The van der Waals surface area contributed by atoms with Gasteiger partial charge in [-0.25, -0.2) is 0 Å². The summed E-state index contributed by atoms with van der Waals surface area (Å²) in [6.07, 6.45) is -4.43. The van der Waals surface area contributed by atoms with E-state index in [2.05, 4.69) is 0 Å². The molecule has 0 aliphatic carbocycles. The number of carbonyl (C=O) groups is 9. The van der Waals surface area contributed by atoms with E-state index in [1.807, 2.05) is 30.3 Å². The minimum Gasteiger partial charge on any atom is -0.481 e. The van der Waals surface area contributed by atoms with Crippen molar-refractivity contribution in [1.29, 1.82) is 0 Å². The van der Waals surface area contributed by atoms with Gasteiger partial charge in [0.2, 0.25) is 0 Å². The summed E-state index contributed by atoms with van der Waals surface area (Å²) in [4.78, 5) is 116. The summed E-state index contributed by atoms with van der Waals surface area (Å²) in [6.45, 7) is 10.2. The van der Waals surface area contributed by atoms with E-state index in [4.69, 9.17) is 56.8 Å². The highest BCUT2D eigenvalue weighted by Gasteiger charge is 2.63. The van der Waals surface area contributed by atoms with Crippen molar-refractivity contribution in [3.05, 3.63) is 118 Å². The van der Waals surface area contributed by atoms with Gasteiger partial charge in [-0.2, -0.15) is 0 Å². The number of thioether (sulfide) groups is 1. The van der Waals surface area contributed by atoms with Crippen LogP contribution in [0.25, 0.3) is 0 Å². The molecule has 0 amide bonds. The van der Waals surface area contributed by atoms with Gasteiger partial charge in [0.25, 0.3) is 0 Å². The van der Waals surface area contributed by atoms with E-state index in [1.165, 1.54) is 73.3 Å². The van der Waals surface area contributed by atoms with Gasteiger partial charge in [-0.3, -0.25) is 43.2 Å². The van der Waals surface area contributed by atoms with Crippen molar-refractivity contribution in [3.8, 4) is 57.5 Å². The largest absolute Gasteiger partial charge is 0.481 e. The minimum atomic E-state index is -2.41. The maximum absolute atomic E-state index is 13.7. The summed E-state index contributed by atoms with van der Waals surface area (Å²) < 4.78 is 72.8. The molecule has 0 N–H and O–H groups in total. The standard InChI is InChI=1S/C55H48O21S/c1-25(56)65-37-21-42(70-30(6)61)46-44(22-37)75-55(36-16-18-39(67-27(3)58)41(20-36)69-29(5)60)54(73-33(9)64)49(46)47-45(76-55)23-43(71-31(7)62)48-51(47)74-50(35-15-17-38(66-26(2)57)40(19-35)68-28(4)59)52(72-32(8)63)53(48)77-24-34-13-11-10-12-14-34/h10-23,49-50,52-54H,24H2,1-9H3/t49-,50-,52+,53+,54-,55+/m1/s1. The number of ether oxygens (including phenoxy) is 12. The zero-order chi connectivity index (χ0) is 55.6. The van der Waals surface area contributed by atoms with E-state index in [0.717, 1.165) is 61.0 Å². The lowest BCUT2D eigenvalue weighted by Gasteiger charge is -2.52. The van der Waals surface area contributed by atoms with Crippen LogP contribution in [-0.4, -0.2) is 65.9 Å². The van der Waals surface area contributed by atoms with Gasteiger partial charge >= 0.3 is 59.5 Å². The van der Waals surface area contributed by atoms with Crippen LogP contribution in [0.1, 0.15) is 113 Å². The first-order valence-corrected chi connectivity index (χ1v) is 24.6. The first-order valence-electron chi connectivity index (χ1n) is 23.5. The average Bonchev–Trinajstić information content (AvgIpc) is 3.37. The van der Waals surface area contributed by atoms with Crippen LogP contribution >= 0.6 is 11.8 Å². The molecule has 0 spiro atoms. The van der Waals surface area contributed by atoms with Crippen LogP contribution in [0.2, 0.25) is 0 Å². The highest BCUT2D eigenvalue weighted by Crippen LogP contribution is 2.66. The summed E-state index contributed by atoms with van der Waals surface area (Å²) in [6, 6.07) is 21.2. The molecule has 77 heavy (non-hydrogen) atoms. The highest BCUT2D eigenvalue weighted by molar-refractivity contribution is 7.98. The highest BCUT2D eigenvalue weighted by atomic mass is 32.2. The number of benzene rings is 5. The van der Waals surface area contributed by atoms with Crippen molar-refractivity contribution in [1.82, 2.24) is 0 Å². The number of fused-ring (bicyclic) bond motifs is 8. The Kier molecular flexibility index (Phi) is 15.6. The predicted molar refractivity (Wildman–Crippen MR) is 265 cm³/mol. The van der Waals surface area contributed by atoms with E-state index in [9.17, 15) is 43.2 Å². The summed E-state index contributed by atoms with van der Waals surface area (Å²) in [5, 5.41) is -1.06. The molecule has 3 aliphatic heterocycles. The number of rotatable bonds is 14. The molecule has 3 aliphatic rings. The Bertz CT molecular complexity index is 3280. The van der Waals surface area contributed by atoms with E-state index >= 15 is 0 Å². The lowest BCUT2D eigenvalue weighted by atomic mass is 9.73. The van der Waals surface area contributed by atoms with Gasteiger partial charge in [0.05, 0.1) is 16.7 Å². The molecule has 2 bridgehead atoms. The predicted octanol–water partition coefficient (Wildman–Crippen LogP) is 7.91. The van der Waals surface area contributed by atoms with Crippen LogP contribution in [0.3, 0.4) is 0 Å². The third-order valence-electron chi connectivity index (χ3n) is 11.6. The molecule has 5 aromatic carbocycles. The Hall–Kier alpha value is -8.92. The molecule has 22 heteroatoms. The topological polar surface area (TPSA) is 264 Å². The molecule has 0 saturated carbocycles. The number of hydrogen-bond donors (Lipinski definition) is 0. The molecule has 3 heterocycles. The smallest absolute Gasteiger partial charge is 0.316 e. The Morgan fingerprint density at radius 1 is 0.481 bits per heavy atom. The van der Waals surface area contributed by atoms with Crippen molar-refractivity contribution in [2.75, 3.05) is 0 Å². The quantitative estimate of drug-likeness (QED) is 0.0755. The fraction of sp³-hybridized carbons (Fsp3) is 0.291. The van der Waals surface area contributed by atoms with Gasteiger partial charge in [-0.05, 0) is 35.9 Å². The molecule has 5 aromatic rings. The second-order valence-corrected chi connectivity index (χ2v) is 18.7. The van der Waals surface area contributed by atoms with Crippen LogP contribution in [0.5, 0.6) is 57.5 Å². The number of hydrogen-bond acceptors (Lipinski definition) is 22. The number of esters is 9. The van der Waals surface area contributed by atoms with E-state index in [0.29, 0.717) is 0 Å². The first kappa shape index (κ1) is 54.3. The zero-order valence-electron chi connectivity index (χ0n) is 42.7. The number of carbonyl (C=O) groups excluding carboxylic acids is 9. The van der Waals surface area contributed by atoms with Crippen LogP contribution in [0, 0.1) is 0 Å². The van der Waals surface area contributed by atoms with Gasteiger partial charge in [0.15, 0.2) is 41.3 Å². The first-order chi connectivity index (χ1) is 36.5. The van der Waals surface area contributed by atoms with Crippen LogP contribution in [0.4, 0.5) is 0 Å². The Morgan fingerprint density at radius 3 is 1.55 bits per heavy atom. The van der Waals surface area contributed by atoms with Crippen molar-refractivity contribution in [3.63, 3.8) is 0 Å². The summed E-state index contributed by atoms with van der Waals surface area (Å²) in [7, 11) is 0. The third kappa shape index (κ3) is 11.7. The molecular formula is C55H48O21S. The van der Waals surface area contributed by atoms with Gasteiger partial charge in [-0.15, -0.1) is 11.8 Å². The average molecular weight is 1080 g/mol. The van der Waals surface area contributed by atoms with E-state index in [-0.39, 0.29) is 91.1 Å². The van der Waals surface area contributed by atoms with Crippen LogP contribution in [0.15, 0.2) is 84.9 Å². The van der Waals surface area contributed by atoms with E-state index in [1.54, 1.807) is 0 Å². The maximum atomic E-state index is 13.7. The van der Waals surface area contributed by atoms with Gasteiger partial charge in [0.1, 0.15) is 34.5 Å². The van der Waals surface area contributed by atoms with Crippen LogP contribution < -0.4 is 47.4 Å². The van der Waals surface area contributed by atoms with Crippen molar-refractivity contribution in [2.24, 2.45) is 0 Å². The van der Waals surface area contributed by atoms with Gasteiger partial charge in [-0.1, -0.05) is 36.4 Å². The normalized spacial score (nSPS) is 19.3. The van der Waals surface area contributed by atoms with E-state index < -0.39 is 89.0 Å². The molecule has 400 valence electrons. The van der Waals surface area contributed by atoms with Gasteiger partial charge in [0, 0.05) is 109 Å². The molecule has 21 nitrogen and oxygen atoms in total. The van der Waals surface area contributed by atoms with Crippen molar-refractivity contribution in [2.45, 2.75) is 103 Å². The second-order valence-electron chi connectivity index (χ2n) is 17.6. The van der Waals surface area contributed by atoms with Gasteiger partial charge < -0.3 is 56.8 Å². The SMILES string of the molecule is CC(=O)Oc1cc(OC(C)=O)c2c(c1)O[C@@]1(c3ccc(OC(C)=O)c(OC(C)=O)c3)Oc3cc(OC(C)=O)c4c(c3[C@@H]2[C@H]1OC(C)=O)O[C@H](c1ccc(OC(C)=O)c(OC(C)=O)c1)[C@H](OC(C)=O)[C@H]4SCc1ccccc1. The fourth-order valence-electron chi connectivity index (χ4n) is 9.23. The molecule has 0 fully saturated rings. The Labute approximate surface area is 443 Å². The molecular weight excluding hydrogens is 1030 g/mol. The monoisotopic (exact) mass is 1080 g/mol. The minimum absolute atomic E-state index is 0.000308. The molecule has 0 saturated heterocycles. The van der Waals surface area contributed by atoms with Crippen LogP contribution in [-0.2, 0) is 64.2 Å². The Balaban J connectivity index is 1.51. The molecule has 6 atom stereocenters. The third-order valence-corrected chi connectivity index (χ3v) is 13.0. The molecule has 0 aromatic heterocycles. The summed E-state index contributed by atoms with van der Waals surface area (Å²) in [5.74, 6) is -12.8. The Morgan fingerprint density at radius 2 is 0.987 bits per heavy atom. The zero-order valence-corrected chi connectivity index (χ0v) is 43.5. The molecule has 0 radical (unpaired) electrons. The summed E-state index contributed by atoms with van der Waals surface area (Å²) in [5.41, 5.74) is 1.13. The molecule has 0 unspecified atom stereocenters. The fourth-order valence-corrected chi connectivity index (χ4v) is 10.6.